The third-order valence-electron chi connectivity index (χ3n) is 3.32. The molecule has 2 aromatic rings. The number of rotatable bonds is 7. The Hall–Kier alpha value is -2.26. The molecule has 126 valence electrons. The molecule has 4 heteroatoms. The number of hydrogen-bond acceptors (Lipinski definition) is 3. The van der Waals surface area contributed by atoms with E-state index < -0.39 is 0 Å². The minimum atomic E-state index is -0.376. The standard InChI is InChI=1S/C20H21ClO3/c1-3-12-24-18-10-8-15(9-11-18)19(14-20(22)23-4-2)16-6-5-7-17(21)13-16/h5-11,13-14H,3-4,12H2,1-2H3/b19-14+. The van der Waals surface area contributed by atoms with Crippen LogP contribution in [0.5, 0.6) is 5.75 Å². The van der Waals surface area contributed by atoms with E-state index in [0.29, 0.717) is 18.2 Å². The molecule has 0 atom stereocenters. The van der Waals surface area contributed by atoms with Gasteiger partial charge >= 0.3 is 5.97 Å². The van der Waals surface area contributed by atoms with Crippen LogP contribution >= 0.6 is 11.6 Å². The minimum Gasteiger partial charge on any atom is -0.494 e. The molecule has 2 aromatic carbocycles. The Morgan fingerprint density at radius 2 is 1.83 bits per heavy atom. The molecule has 0 aliphatic rings. The first-order valence-corrected chi connectivity index (χ1v) is 8.39. The fraction of sp³-hybridized carbons (Fsp3) is 0.250. The second-order valence-electron chi connectivity index (χ2n) is 5.19. The van der Waals surface area contributed by atoms with E-state index in [1.807, 2.05) is 42.5 Å². The van der Waals surface area contributed by atoms with Crippen LogP contribution in [-0.4, -0.2) is 19.2 Å². The molecule has 0 fully saturated rings. The van der Waals surface area contributed by atoms with Crippen molar-refractivity contribution >= 4 is 23.1 Å². The lowest BCUT2D eigenvalue weighted by atomic mass is 9.97. The summed E-state index contributed by atoms with van der Waals surface area (Å²) in [6.07, 6.45) is 2.45. The molecule has 3 nitrogen and oxygen atoms in total. The highest BCUT2D eigenvalue weighted by Gasteiger charge is 2.09. The maximum atomic E-state index is 11.9. The number of carbonyl (C=O) groups excluding carboxylic acids is 1. The van der Waals surface area contributed by atoms with Gasteiger partial charge in [0.25, 0.3) is 0 Å². The van der Waals surface area contributed by atoms with Crippen LogP contribution in [0.15, 0.2) is 54.6 Å². The molecule has 0 amide bonds. The molecule has 0 spiro atoms. The predicted molar refractivity (Wildman–Crippen MR) is 97.4 cm³/mol. The number of benzene rings is 2. The molecule has 0 bridgehead atoms. The number of carbonyl (C=O) groups is 1. The van der Waals surface area contributed by atoms with E-state index in [-0.39, 0.29) is 5.97 Å². The molecule has 0 unspecified atom stereocenters. The maximum absolute atomic E-state index is 11.9. The summed E-state index contributed by atoms with van der Waals surface area (Å²) in [7, 11) is 0. The molecular formula is C20H21ClO3. The fourth-order valence-corrected chi connectivity index (χ4v) is 2.43. The van der Waals surface area contributed by atoms with Crippen LogP contribution in [0.25, 0.3) is 5.57 Å². The van der Waals surface area contributed by atoms with Crippen molar-refractivity contribution in [1.29, 1.82) is 0 Å². The van der Waals surface area contributed by atoms with Gasteiger partial charge in [-0.2, -0.15) is 0 Å². The average molecular weight is 345 g/mol. The van der Waals surface area contributed by atoms with Crippen LogP contribution in [0.1, 0.15) is 31.4 Å². The van der Waals surface area contributed by atoms with Crippen molar-refractivity contribution < 1.29 is 14.3 Å². The highest BCUT2D eigenvalue weighted by Crippen LogP contribution is 2.27. The summed E-state index contributed by atoms with van der Waals surface area (Å²) < 4.78 is 10.7. The number of ether oxygens (including phenoxy) is 2. The summed E-state index contributed by atoms with van der Waals surface area (Å²) in [5, 5.41) is 0.616. The molecule has 0 aliphatic carbocycles. The lowest BCUT2D eigenvalue weighted by Crippen LogP contribution is -2.02. The summed E-state index contributed by atoms with van der Waals surface area (Å²) in [5.74, 6) is 0.431. The summed E-state index contributed by atoms with van der Waals surface area (Å²) in [6.45, 7) is 4.86. The zero-order chi connectivity index (χ0) is 17.4. The van der Waals surface area contributed by atoms with E-state index >= 15 is 0 Å². The highest BCUT2D eigenvalue weighted by molar-refractivity contribution is 6.30. The molecule has 0 saturated heterocycles. The van der Waals surface area contributed by atoms with E-state index in [0.717, 1.165) is 28.9 Å². The van der Waals surface area contributed by atoms with Gasteiger partial charge in [-0.3, -0.25) is 0 Å². The first-order valence-electron chi connectivity index (χ1n) is 8.01. The van der Waals surface area contributed by atoms with Gasteiger partial charge < -0.3 is 9.47 Å². The van der Waals surface area contributed by atoms with Crippen molar-refractivity contribution in [3.05, 3.63) is 70.8 Å². The summed E-state index contributed by atoms with van der Waals surface area (Å²) in [6, 6.07) is 15.0. The summed E-state index contributed by atoms with van der Waals surface area (Å²) in [4.78, 5) is 11.9. The molecule has 0 aromatic heterocycles. The Balaban J connectivity index is 2.37. The van der Waals surface area contributed by atoms with Crippen LogP contribution in [-0.2, 0) is 9.53 Å². The Bertz CT molecular complexity index is 705. The van der Waals surface area contributed by atoms with Crippen molar-refractivity contribution in [2.24, 2.45) is 0 Å². The number of hydrogen-bond donors (Lipinski definition) is 0. The second kappa shape index (κ2) is 9.14. The first-order chi connectivity index (χ1) is 11.6. The van der Waals surface area contributed by atoms with Gasteiger partial charge in [0.05, 0.1) is 13.2 Å². The Morgan fingerprint density at radius 1 is 1.08 bits per heavy atom. The number of halogens is 1. The van der Waals surface area contributed by atoms with Gasteiger partial charge in [-0.1, -0.05) is 42.8 Å². The van der Waals surface area contributed by atoms with E-state index in [2.05, 4.69) is 6.92 Å². The van der Waals surface area contributed by atoms with Gasteiger partial charge in [0, 0.05) is 11.1 Å². The monoisotopic (exact) mass is 344 g/mol. The first kappa shape index (κ1) is 18.1. The van der Waals surface area contributed by atoms with Crippen molar-refractivity contribution in [1.82, 2.24) is 0 Å². The normalized spacial score (nSPS) is 11.2. The smallest absolute Gasteiger partial charge is 0.331 e. The van der Waals surface area contributed by atoms with Crippen LogP contribution in [0, 0.1) is 0 Å². The van der Waals surface area contributed by atoms with E-state index in [1.165, 1.54) is 6.08 Å². The molecule has 2 rings (SSSR count). The van der Waals surface area contributed by atoms with E-state index in [9.17, 15) is 4.79 Å². The second-order valence-corrected chi connectivity index (χ2v) is 5.63. The van der Waals surface area contributed by atoms with Crippen molar-refractivity contribution in [3.63, 3.8) is 0 Å². The predicted octanol–water partition coefficient (Wildman–Crippen LogP) is 5.12. The van der Waals surface area contributed by atoms with Crippen LogP contribution in [0.2, 0.25) is 5.02 Å². The van der Waals surface area contributed by atoms with Gasteiger partial charge in [0.15, 0.2) is 0 Å². The van der Waals surface area contributed by atoms with E-state index in [1.54, 1.807) is 13.0 Å². The third-order valence-corrected chi connectivity index (χ3v) is 3.56. The molecular weight excluding hydrogens is 324 g/mol. The van der Waals surface area contributed by atoms with Crippen molar-refractivity contribution in [2.75, 3.05) is 13.2 Å². The van der Waals surface area contributed by atoms with Crippen molar-refractivity contribution in [3.8, 4) is 5.75 Å². The van der Waals surface area contributed by atoms with Gasteiger partial charge in [0.1, 0.15) is 5.75 Å². The van der Waals surface area contributed by atoms with Gasteiger partial charge in [-0.25, -0.2) is 4.79 Å². The van der Waals surface area contributed by atoms with Crippen LogP contribution < -0.4 is 4.74 Å². The average Bonchev–Trinajstić information content (AvgIpc) is 2.59. The lowest BCUT2D eigenvalue weighted by molar-refractivity contribution is -0.137. The molecule has 0 N–H and O–H groups in total. The van der Waals surface area contributed by atoms with Crippen LogP contribution in [0.3, 0.4) is 0 Å². The topological polar surface area (TPSA) is 35.5 Å². The SMILES string of the molecule is CCCOc1ccc(/C(=C\C(=O)OCC)c2cccc(Cl)c2)cc1. The van der Waals surface area contributed by atoms with Crippen molar-refractivity contribution in [2.45, 2.75) is 20.3 Å². The highest BCUT2D eigenvalue weighted by atomic mass is 35.5. The molecule has 0 radical (unpaired) electrons. The Kier molecular flexibility index (Phi) is 6.89. The zero-order valence-electron chi connectivity index (χ0n) is 13.9. The van der Waals surface area contributed by atoms with E-state index in [4.69, 9.17) is 21.1 Å². The molecule has 0 heterocycles. The third kappa shape index (κ3) is 5.14. The lowest BCUT2D eigenvalue weighted by Gasteiger charge is -2.11. The maximum Gasteiger partial charge on any atom is 0.331 e. The van der Waals surface area contributed by atoms with Crippen LogP contribution in [0.4, 0.5) is 0 Å². The zero-order valence-corrected chi connectivity index (χ0v) is 14.7. The van der Waals surface area contributed by atoms with Gasteiger partial charge in [0.2, 0.25) is 0 Å². The number of esters is 1. The Morgan fingerprint density at radius 3 is 2.46 bits per heavy atom. The quantitative estimate of drug-likeness (QED) is 0.516. The Labute approximate surface area is 147 Å². The summed E-state index contributed by atoms with van der Waals surface area (Å²) in [5.41, 5.74) is 2.52. The summed E-state index contributed by atoms with van der Waals surface area (Å²) >= 11 is 6.09. The minimum absolute atomic E-state index is 0.335. The molecule has 0 saturated carbocycles. The van der Waals surface area contributed by atoms with Gasteiger partial charge in [-0.15, -0.1) is 0 Å². The van der Waals surface area contributed by atoms with Gasteiger partial charge in [-0.05, 0) is 54.3 Å². The molecule has 24 heavy (non-hydrogen) atoms. The molecule has 0 aliphatic heterocycles. The fourth-order valence-electron chi connectivity index (χ4n) is 2.24. The largest absolute Gasteiger partial charge is 0.494 e.